The van der Waals surface area contributed by atoms with Crippen molar-refractivity contribution in [3.05, 3.63) is 23.0 Å². The number of hydrogen-bond donors (Lipinski definition) is 0. The molecule has 1 aliphatic carbocycles. The van der Waals surface area contributed by atoms with Gasteiger partial charge in [0, 0.05) is 19.6 Å². The minimum atomic E-state index is 0.0198. The van der Waals surface area contributed by atoms with Crippen molar-refractivity contribution < 1.29 is 14.3 Å². The van der Waals surface area contributed by atoms with E-state index in [4.69, 9.17) is 9.47 Å². The topological polar surface area (TPSA) is 52.8 Å². The van der Waals surface area contributed by atoms with Gasteiger partial charge in [-0.05, 0) is 25.0 Å². The van der Waals surface area contributed by atoms with Gasteiger partial charge in [0.05, 0.1) is 18.4 Å². The maximum atomic E-state index is 12.6. The van der Waals surface area contributed by atoms with Crippen LogP contribution in [0.3, 0.4) is 0 Å². The number of hydrogen-bond acceptors (Lipinski definition) is 4. The predicted octanol–water partition coefficient (Wildman–Crippen LogP) is 3.37. The first-order valence-electron chi connectivity index (χ1n) is 8.48. The first-order chi connectivity index (χ1) is 11.7. The van der Waals surface area contributed by atoms with Crippen molar-refractivity contribution in [1.29, 1.82) is 0 Å². The van der Waals surface area contributed by atoms with Crippen LogP contribution in [0.4, 0.5) is 0 Å². The van der Waals surface area contributed by atoms with Crippen LogP contribution in [0.15, 0.2) is 23.2 Å². The highest BCUT2D eigenvalue weighted by molar-refractivity contribution is 7.16. The maximum absolute atomic E-state index is 12.6. The summed E-state index contributed by atoms with van der Waals surface area (Å²) in [5.74, 6) is 0.902. The first-order valence-corrected chi connectivity index (χ1v) is 9.30. The smallest absolute Gasteiger partial charge is 0.251 e. The van der Waals surface area contributed by atoms with Gasteiger partial charge in [-0.25, -0.2) is 0 Å². The van der Waals surface area contributed by atoms with Gasteiger partial charge in [0.2, 0.25) is 0 Å². The Bertz CT molecular complexity index is 772. The molecule has 24 heavy (non-hydrogen) atoms. The zero-order valence-electron chi connectivity index (χ0n) is 14.3. The predicted molar refractivity (Wildman–Crippen MR) is 95.4 cm³/mol. The number of ether oxygens (including phenoxy) is 2. The van der Waals surface area contributed by atoms with Crippen molar-refractivity contribution in [2.45, 2.75) is 38.6 Å². The number of amides is 1. The molecule has 0 atom stereocenters. The molecule has 0 aliphatic heterocycles. The van der Waals surface area contributed by atoms with E-state index in [0.717, 1.165) is 46.5 Å². The number of fused-ring (bicyclic) bond motifs is 1. The highest BCUT2D eigenvalue weighted by Gasteiger charge is 2.21. The first kappa shape index (κ1) is 17.2. The van der Waals surface area contributed by atoms with E-state index in [2.05, 4.69) is 4.99 Å². The van der Waals surface area contributed by atoms with Crippen molar-refractivity contribution in [1.82, 2.24) is 4.57 Å². The molecule has 0 unspecified atom stereocenters. The fraction of sp³-hybridized carbons (Fsp3) is 0.556. The van der Waals surface area contributed by atoms with Gasteiger partial charge >= 0.3 is 0 Å². The Balaban J connectivity index is 2.05. The minimum absolute atomic E-state index is 0.0198. The molecule has 0 spiro atoms. The summed E-state index contributed by atoms with van der Waals surface area (Å²) in [5.41, 5.74) is 0.984. The Labute approximate surface area is 145 Å². The summed E-state index contributed by atoms with van der Waals surface area (Å²) in [6.07, 6.45) is 5.44. The molecule has 5 nitrogen and oxygen atoms in total. The summed E-state index contributed by atoms with van der Waals surface area (Å²) in [6, 6.07) is 5.94. The number of nitrogens with zero attached hydrogens (tertiary/aromatic N) is 2. The van der Waals surface area contributed by atoms with Crippen LogP contribution >= 0.6 is 11.3 Å². The lowest BCUT2D eigenvalue weighted by Gasteiger charge is -2.17. The van der Waals surface area contributed by atoms with Crippen molar-refractivity contribution in [2.24, 2.45) is 10.9 Å². The third kappa shape index (κ3) is 3.54. The molecule has 1 aliphatic rings. The lowest BCUT2D eigenvalue weighted by Crippen LogP contribution is -2.23. The Morgan fingerprint density at radius 2 is 2.08 bits per heavy atom. The van der Waals surface area contributed by atoms with Crippen molar-refractivity contribution in [3.8, 4) is 5.75 Å². The quantitative estimate of drug-likeness (QED) is 0.832. The maximum Gasteiger partial charge on any atom is 0.251 e. The molecule has 0 bridgehead atoms. The molecule has 0 radical (unpaired) electrons. The molecule has 130 valence electrons. The zero-order chi connectivity index (χ0) is 16.9. The summed E-state index contributed by atoms with van der Waals surface area (Å²) in [4.78, 5) is 17.8. The van der Waals surface area contributed by atoms with Gasteiger partial charge in [0.25, 0.3) is 5.91 Å². The number of methoxy groups -OCH3 is 2. The molecule has 1 amide bonds. The molecule has 1 aromatic heterocycles. The summed E-state index contributed by atoms with van der Waals surface area (Å²) >= 11 is 1.54. The van der Waals surface area contributed by atoms with Gasteiger partial charge < -0.3 is 14.0 Å². The van der Waals surface area contributed by atoms with Gasteiger partial charge in [0.15, 0.2) is 4.80 Å². The minimum Gasteiger partial charge on any atom is -0.495 e. The molecule has 1 heterocycles. The normalized spacial score (nSPS) is 16.7. The van der Waals surface area contributed by atoms with E-state index in [9.17, 15) is 4.79 Å². The van der Waals surface area contributed by atoms with E-state index < -0.39 is 0 Å². The Morgan fingerprint density at radius 3 is 2.79 bits per heavy atom. The zero-order valence-corrected chi connectivity index (χ0v) is 15.1. The van der Waals surface area contributed by atoms with Crippen LogP contribution in [0.2, 0.25) is 0 Å². The SMILES string of the molecule is COCCn1c(=NC(=O)C2CCCCC2)sc2cccc(OC)c21. The van der Waals surface area contributed by atoms with Crippen LogP contribution in [-0.4, -0.2) is 31.3 Å². The van der Waals surface area contributed by atoms with Crippen LogP contribution in [0, 0.1) is 5.92 Å². The molecule has 3 rings (SSSR count). The molecule has 0 N–H and O–H groups in total. The average Bonchev–Trinajstić information content (AvgIpc) is 2.97. The van der Waals surface area contributed by atoms with Crippen LogP contribution < -0.4 is 9.54 Å². The van der Waals surface area contributed by atoms with Gasteiger partial charge in [-0.3, -0.25) is 4.79 Å². The number of rotatable bonds is 5. The van der Waals surface area contributed by atoms with Crippen LogP contribution in [0.5, 0.6) is 5.75 Å². The number of aromatic nitrogens is 1. The van der Waals surface area contributed by atoms with E-state index in [1.54, 1.807) is 14.2 Å². The van der Waals surface area contributed by atoms with Crippen LogP contribution in [-0.2, 0) is 16.1 Å². The molecule has 1 saturated carbocycles. The largest absolute Gasteiger partial charge is 0.495 e. The molecule has 0 saturated heterocycles. The third-order valence-corrected chi connectivity index (χ3v) is 5.61. The third-order valence-electron chi connectivity index (χ3n) is 4.56. The lowest BCUT2D eigenvalue weighted by atomic mass is 9.89. The van der Waals surface area contributed by atoms with E-state index in [-0.39, 0.29) is 11.8 Å². The number of carbonyl (C=O) groups is 1. The highest BCUT2D eigenvalue weighted by atomic mass is 32.1. The van der Waals surface area contributed by atoms with E-state index in [1.165, 1.54) is 17.8 Å². The van der Waals surface area contributed by atoms with Gasteiger partial charge in [0.1, 0.15) is 11.3 Å². The highest BCUT2D eigenvalue weighted by Crippen LogP contribution is 2.28. The summed E-state index contributed by atoms with van der Waals surface area (Å²) in [7, 11) is 3.34. The Morgan fingerprint density at radius 1 is 1.29 bits per heavy atom. The van der Waals surface area contributed by atoms with Crippen LogP contribution in [0.1, 0.15) is 32.1 Å². The second kappa shape index (κ2) is 7.94. The van der Waals surface area contributed by atoms with E-state index in [1.807, 2.05) is 22.8 Å². The second-order valence-electron chi connectivity index (χ2n) is 6.12. The Kier molecular flexibility index (Phi) is 5.68. The second-order valence-corrected chi connectivity index (χ2v) is 7.13. The number of thiazole rings is 1. The van der Waals surface area contributed by atoms with Gasteiger partial charge in [-0.1, -0.05) is 36.7 Å². The van der Waals surface area contributed by atoms with Crippen molar-refractivity contribution in [3.63, 3.8) is 0 Å². The monoisotopic (exact) mass is 348 g/mol. The van der Waals surface area contributed by atoms with E-state index in [0.29, 0.717) is 13.2 Å². The summed E-state index contributed by atoms with van der Waals surface area (Å²) in [6.45, 7) is 1.21. The van der Waals surface area contributed by atoms with Crippen LogP contribution in [0.25, 0.3) is 10.2 Å². The molecular formula is C18H24N2O3S. The molecule has 1 fully saturated rings. The standard InChI is InChI=1S/C18H24N2O3S/c1-22-12-11-20-16-14(23-2)9-6-10-15(16)24-18(20)19-17(21)13-7-4-3-5-8-13/h6,9-10,13H,3-5,7-8,11-12H2,1-2H3. The number of benzene rings is 1. The van der Waals surface area contributed by atoms with Gasteiger partial charge in [-0.15, -0.1) is 0 Å². The molecule has 2 aromatic rings. The van der Waals surface area contributed by atoms with E-state index >= 15 is 0 Å². The van der Waals surface area contributed by atoms with Crippen molar-refractivity contribution >= 4 is 27.5 Å². The summed E-state index contributed by atoms with van der Waals surface area (Å²) < 4.78 is 13.8. The average molecular weight is 348 g/mol. The van der Waals surface area contributed by atoms with Crippen molar-refractivity contribution in [2.75, 3.05) is 20.8 Å². The Hall–Kier alpha value is -1.66. The molecule has 1 aromatic carbocycles. The fourth-order valence-corrected chi connectivity index (χ4v) is 4.35. The molecule has 6 heteroatoms. The fourth-order valence-electron chi connectivity index (χ4n) is 3.27. The summed E-state index contributed by atoms with van der Waals surface area (Å²) in [5, 5.41) is 0. The number of para-hydroxylation sites is 1. The molecular weight excluding hydrogens is 324 g/mol. The lowest BCUT2D eigenvalue weighted by molar-refractivity contribution is -0.122. The van der Waals surface area contributed by atoms with Gasteiger partial charge in [-0.2, -0.15) is 4.99 Å². The number of carbonyl (C=O) groups excluding carboxylic acids is 1.